The lowest BCUT2D eigenvalue weighted by Crippen LogP contribution is -2.24. The van der Waals surface area contributed by atoms with Crippen LogP contribution in [-0.2, 0) is 0 Å². The highest BCUT2D eigenvalue weighted by atomic mass is 16.1. The fourth-order valence-corrected chi connectivity index (χ4v) is 1.07. The molecule has 76 valence electrons. The van der Waals surface area contributed by atoms with Gasteiger partial charge in [0, 0.05) is 18.4 Å². The van der Waals surface area contributed by atoms with E-state index in [1.54, 1.807) is 12.3 Å². The molecule has 0 aliphatic carbocycles. The fourth-order valence-electron chi connectivity index (χ4n) is 1.07. The molecule has 0 atom stereocenters. The summed E-state index contributed by atoms with van der Waals surface area (Å²) in [6, 6.07) is 1.62. The Bertz CT molecular complexity index is 328. The van der Waals surface area contributed by atoms with Crippen molar-refractivity contribution in [2.24, 2.45) is 0 Å². The molecule has 14 heavy (non-hydrogen) atoms. The first kappa shape index (κ1) is 10.4. The molecule has 1 aromatic rings. The number of nitrogen functional groups attached to an aromatic ring is 1. The Balaban J connectivity index is 2.35. The number of aromatic nitrogens is 1. The monoisotopic (exact) mass is 193 g/mol. The van der Waals surface area contributed by atoms with Gasteiger partial charge in [-0.3, -0.25) is 4.79 Å². The predicted octanol–water partition coefficient (Wildman–Crippen LogP) is 1.29. The van der Waals surface area contributed by atoms with Gasteiger partial charge in [-0.15, -0.1) is 0 Å². The van der Waals surface area contributed by atoms with Crippen molar-refractivity contribution in [1.29, 1.82) is 0 Å². The van der Waals surface area contributed by atoms with Crippen molar-refractivity contribution in [3.63, 3.8) is 0 Å². The minimum atomic E-state index is -0.119. The van der Waals surface area contributed by atoms with Crippen molar-refractivity contribution >= 4 is 11.6 Å². The number of nitrogens with two attached hydrogens (primary N) is 1. The van der Waals surface area contributed by atoms with Gasteiger partial charge >= 0.3 is 0 Å². The number of allylic oxidation sites excluding steroid dienone is 1. The van der Waals surface area contributed by atoms with Crippen LogP contribution in [-0.4, -0.2) is 17.4 Å². The maximum atomic E-state index is 11.4. The minimum absolute atomic E-state index is 0.119. The van der Waals surface area contributed by atoms with Crippen LogP contribution in [0.1, 0.15) is 23.8 Å². The van der Waals surface area contributed by atoms with Crippen molar-refractivity contribution < 1.29 is 4.79 Å². The second-order valence-electron chi connectivity index (χ2n) is 2.96. The fraction of sp³-hybridized carbons (Fsp3) is 0.300. The molecule has 0 saturated carbocycles. The number of carbonyl (C=O) groups excluding carboxylic acids is 1. The van der Waals surface area contributed by atoms with Crippen molar-refractivity contribution in [1.82, 2.24) is 10.3 Å². The second kappa shape index (κ2) is 5.11. The lowest BCUT2D eigenvalue weighted by atomic mass is 10.3. The molecule has 4 nitrogen and oxygen atoms in total. The Hall–Kier alpha value is -1.71. The van der Waals surface area contributed by atoms with Crippen LogP contribution in [0.15, 0.2) is 24.4 Å². The number of hydrogen-bond acceptors (Lipinski definition) is 2. The molecule has 0 unspecified atom stereocenters. The molecule has 0 saturated heterocycles. The number of hydrogen-bond donors (Lipinski definition) is 3. The molecule has 0 spiro atoms. The first-order valence-corrected chi connectivity index (χ1v) is 4.57. The van der Waals surface area contributed by atoms with E-state index in [0.29, 0.717) is 17.9 Å². The van der Waals surface area contributed by atoms with E-state index >= 15 is 0 Å². The topological polar surface area (TPSA) is 70.9 Å². The van der Waals surface area contributed by atoms with E-state index in [0.717, 1.165) is 6.42 Å². The van der Waals surface area contributed by atoms with Gasteiger partial charge in [0.15, 0.2) is 0 Å². The molecule has 1 heterocycles. The van der Waals surface area contributed by atoms with Crippen LogP contribution in [0.25, 0.3) is 0 Å². The maximum absolute atomic E-state index is 11.4. The lowest BCUT2D eigenvalue weighted by molar-refractivity contribution is 0.0950. The van der Waals surface area contributed by atoms with Crippen molar-refractivity contribution in [2.75, 3.05) is 12.3 Å². The minimum Gasteiger partial charge on any atom is -0.397 e. The van der Waals surface area contributed by atoms with Gasteiger partial charge in [0.25, 0.3) is 5.91 Å². The maximum Gasteiger partial charge on any atom is 0.267 e. The number of nitrogens with one attached hydrogen (secondary N) is 2. The number of carbonyl (C=O) groups is 1. The smallest absolute Gasteiger partial charge is 0.267 e. The van der Waals surface area contributed by atoms with Crippen LogP contribution in [0.2, 0.25) is 0 Å². The zero-order valence-electron chi connectivity index (χ0n) is 8.21. The third-order valence-corrected chi connectivity index (χ3v) is 1.78. The summed E-state index contributed by atoms with van der Waals surface area (Å²) in [6.07, 6.45) is 6.40. The SMILES string of the molecule is C/C=C/CCNC(=O)c1cc(N)c[nH]1. The van der Waals surface area contributed by atoms with E-state index in [-0.39, 0.29) is 5.91 Å². The van der Waals surface area contributed by atoms with E-state index in [1.807, 2.05) is 19.1 Å². The molecule has 0 aliphatic heterocycles. The van der Waals surface area contributed by atoms with Crippen LogP contribution >= 0.6 is 0 Å². The van der Waals surface area contributed by atoms with Crippen LogP contribution in [0, 0.1) is 0 Å². The Kier molecular flexibility index (Phi) is 3.79. The molecular formula is C10H15N3O. The van der Waals surface area contributed by atoms with Crippen LogP contribution in [0.4, 0.5) is 5.69 Å². The summed E-state index contributed by atoms with van der Waals surface area (Å²) in [7, 11) is 0. The van der Waals surface area contributed by atoms with Crippen molar-refractivity contribution in [3.8, 4) is 0 Å². The van der Waals surface area contributed by atoms with Crippen molar-refractivity contribution in [3.05, 3.63) is 30.1 Å². The average molecular weight is 193 g/mol. The molecular weight excluding hydrogens is 178 g/mol. The van der Waals surface area contributed by atoms with E-state index in [2.05, 4.69) is 10.3 Å². The largest absolute Gasteiger partial charge is 0.397 e. The van der Waals surface area contributed by atoms with Gasteiger partial charge in [-0.25, -0.2) is 0 Å². The van der Waals surface area contributed by atoms with Gasteiger partial charge < -0.3 is 16.0 Å². The quantitative estimate of drug-likeness (QED) is 0.498. The molecule has 4 heteroatoms. The predicted molar refractivity (Wildman–Crippen MR) is 57.0 cm³/mol. The molecule has 0 bridgehead atoms. The highest BCUT2D eigenvalue weighted by Gasteiger charge is 2.05. The highest BCUT2D eigenvalue weighted by molar-refractivity contribution is 5.93. The number of anilines is 1. The summed E-state index contributed by atoms with van der Waals surface area (Å²) in [5, 5.41) is 2.77. The standard InChI is InChI=1S/C10H15N3O/c1-2-3-4-5-12-10(14)9-6-8(11)7-13-9/h2-3,6-7,13H,4-5,11H2,1H3,(H,12,14)/b3-2+. The molecule has 0 aliphatic rings. The highest BCUT2D eigenvalue weighted by Crippen LogP contribution is 2.03. The normalized spacial score (nSPS) is 10.6. The third-order valence-electron chi connectivity index (χ3n) is 1.78. The molecule has 0 aromatic carbocycles. The Morgan fingerprint density at radius 1 is 1.71 bits per heavy atom. The molecule has 0 radical (unpaired) electrons. The number of H-pyrrole nitrogens is 1. The van der Waals surface area contributed by atoms with E-state index < -0.39 is 0 Å². The Labute approximate surface area is 83.2 Å². The number of aromatic amines is 1. The number of rotatable bonds is 4. The van der Waals surface area contributed by atoms with Crippen molar-refractivity contribution in [2.45, 2.75) is 13.3 Å². The average Bonchev–Trinajstić information content (AvgIpc) is 2.59. The van der Waals surface area contributed by atoms with E-state index in [9.17, 15) is 4.79 Å². The van der Waals surface area contributed by atoms with E-state index in [4.69, 9.17) is 5.73 Å². The summed E-state index contributed by atoms with van der Waals surface area (Å²) in [6.45, 7) is 2.59. The summed E-state index contributed by atoms with van der Waals surface area (Å²) in [5.41, 5.74) is 6.55. The summed E-state index contributed by atoms with van der Waals surface area (Å²) >= 11 is 0. The summed E-state index contributed by atoms with van der Waals surface area (Å²) in [4.78, 5) is 14.2. The van der Waals surface area contributed by atoms with Crippen LogP contribution in [0.5, 0.6) is 0 Å². The Morgan fingerprint density at radius 2 is 2.50 bits per heavy atom. The first-order chi connectivity index (χ1) is 6.74. The van der Waals surface area contributed by atoms with Crippen LogP contribution < -0.4 is 11.1 Å². The van der Waals surface area contributed by atoms with Gasteiger partial charge in [0.05, 0.1) is 0 Å². The van der Waals surface area contributed by atoms with Gasteiger partial charge in [0.2, 0.25) is 0 Å². The molecule has 1 rings (SSSR count). The third kappa shape index (κ3) is 2.97. The lowest BCUT2D eigenvalue weighted by Gasteiger charge is -2.00. The Morgan fingerprint density at radius 3 is 3.07 bits per heavy atom. The zero-order chi connectivity index (χ0) is 10.4. The zero-order valence-corrected chi connectivity index (χ0v) is 8.21. The number of amides is 1. The molecule has 4 N–H and O–H groups in total. The van der Waals surface area contributed by atoms with Gasteiger partial charge in [0.1, 0.15) is 5.69 Å². The van der Waals surface area contributed by atoms with Gasteiger partial charge in [-0.2, -0.15) is 0 Å². The first-order valence-electron chi connectivity index (χ1n) is 4.57. The van der Waals surface area contributed by atoms with Crippen LogP contribution in [0.3, 0.4) is 0 Å². The molecule has 1 amide bonds. The second-order valence-corrected chi connectivity index (χ2v) is 2.96. The van der Waals surface area contributed by atoms with Gasteiger partial charge in [-0.05, 0) is 19.4 Å². The summed E-state index contributed by atoms with van der Waals surface area (Å²) < 4.78 is 0. The summed E-state index contributed by atoms with van der Waals surface area (Å²) in [5.74, 6) is -0.119. The molecule has 0 fully saturated rings. The van der Waals surface area contributed by atoms with E-state index in [1.165, 1.54) is 0 Å². The van der Waals surface area contributed by atoms with Gasteiger partial charge in [-0.1, -0.05) is 12.2 Å². The molecule has 1 aromatic heterocycles.